The molecule has 1 heterocycles. The lowest BCUT2D eigenvalue weighted by Crippen LogP contribution is -2.46. The Bertz CT molecular complexity index is 924. The summed E-state index contributed by atoms with van der Waals surface area (Å²) in [6.45, 7) is 2.13. The third-order valence-electron chi connectivity index (χ3n) is 4.51. The van der Waals surface area contributed by atoms with E-state index < -0.39 is 0 Å². The van der Waals surface area contributed by atoms with Gasteiger partial charge in [0.15, 0.2) is 0 Å². The zero-order valence-electron chi connectivity index (χ0n) is 15.8. The third kappa shape index (κ3) is 4.19. The van der Waals surface area contributed by atoms with Gasteiger partial charge < -0.3 is 9.47 Å². The maximum atomic E-state index is 12.5. The van der Waals surface area contributed by atoms with Crippen LogP contribution in [-0.4, -0.2) is 20.2 Å². The Balaban J connectivity index is 1.83. The van der Waals surface area contributed by atoms with Gasteiger partial charge in [0.05, 0.1) is 35.6 Å². The Morgan fingerprint density at radius 2 is 1.74 bits per heavy atom. The molecule has 0 amide bonds. The predicted octanol–water partition coefficient (Wildman–Crippen LogP) is 3.12. The van der Waals surface area contributed by atoms with Gasteiger partial charge in [0.2, 0.25) is 5.69 Å². The summed E-state index contributed by atoms with van der Waals surface area (Å²) >= 11 is 0. The maximum absolute atomic E-state index is 12.5. The lowest BCUT2D eigenvalue weighted by atomic mass is 10.0. The van der Waals surface area contributed by atoms with Gasteiger partial charge in [0.25, 0.3) is 0 Å². The van der Waals surface area contributed by atoms with Gasteiger partial charge in [0, 0.05) is 0 Å². The second-order valence-electron chi connectivity index (χ2n) is 6.40. The van der Waals surface area contributed by atoms with Crippen molar-refractivity contribution in [2.24, 2.45) is 5.92 Å². The summed E-state index contributed by atoms with van der Waals surface area (Å²) in [5, 5.41) is 2.05. The molecule has 0 spiro atoms. The number of methoxy groups -OCH3 is 1. The molecule has 0 aliphatic heterocycles. The summed E-state index contributed by atoms with van der Waals surface area (Å²) in [6, 6.07) is 19.6. The zero-order chi connectivity index (χ0) is 19.2. The van der Waals surface area contributed by atoms with E-state index in [1.54, 1.807) is 19.0 Å². The summed E-state index contributed by atoms with van der Waals surface area (Å²) in [5.41, 5.74) is 1.84. The van der Waals surface area contributed by atoms with E-state index in [2.05, 4.69) is 0 Å². The number of rotatable bonds is 7. The van der Waals surface area contributed by atoms with Crippen LogP contribution in [0.2, 0.25) is 0 Å². The van der Waals surface area contributed by atoms with E-state index in [0.29, 0.717) is 12.3 Å². The van der Waals surface area contributed by atoms with Crippen molar-refractivity contribution in [1.29, 1.82) is 0 Å². The van der Waals surface area contributed by atoms with Crippen LogP contribution in [0.3, 0.4) is 0 Å². The van der Waals surface area contributed by atoms with Crippen molar-refractivity contribution in [2.75, 3.05) is 14.2 Å². The van der Waals surface area contributed by atoms with E-state index in [1.807, 2.05) is 67.6 Å². The molecular weight excluding hydrogens is 342 g/mol. The first-order chi connectivity index (χ1) is 13.1. The van der Waals surface area contributed by atoms with Crippen molar-refractivity contribution < 1.29 is 23.8 Å². The maximum Gasteiger partial charge on any atom is 0.417 e. The number of carbonyl (C=O) groups is 1. The first-order valence-electron chi connectivity index (χ1n) is 8.89. The predicted molar refractivity (Wildman–Crippen MR) is 102 cm³/mol. The second-order valence-corrected chi connectivity index (χ2v) is 6.40. The van der Waals surface area contributed by atoms with E-state index >= 15 is 0 Å². The monoisotopic (exact) mass is 366 g/mol. The van der Waals surface area contributed by atoms with E-state index in [0.717, 1.165) is 22.0 Å². The molecule has 5 heteroatoms. The van der Waals surface area contributed by atoms with Gasteiger partial charge in [-0.3, -0.25) is 9.63 Å². The molecule has 1 atom stereocenters. The molecule has 0 N–H and O–H groups in total. The molecule has 1 unspecified atom stereocenters. The topological polar surface area (TPSA) is 48.6 Å². The first-order valence-corrected chi connectivity index (χ1v) is 8.89. The fourth-order valence-corrected chi connectivity index (χ4v) is 3.10. The summed E-state index contributed by atoms with van der Waals surface area (Å²) in [5.74, 6) is 0.00934. The number of hydrogen-bond donors (Lipinski definition) is 0. The van der Waals surface area contributed by atoms with Crippen LogP contribution in [0, 0.1) is 5.92 Å². The summed E-state index contributed by atoms with van der Waals surface area (Å²) < 4.78 is 12.6. The van der Waals surface area contributed by atoms with Gasteiger partial charge in [-0.05, 0) is 17.0 Å². The molecule has 0 bridgehead atoms. The number of pyridine rings is 1. The van der Waals surface area contributed by atoms with Crippen LogP contribution in [-0.2, 0) is 22.6 Å². The molecule has 0 radical (unpaired) electrons. The van der Waals surface area contributed by atoms with Crippen molar-refractivity contribution >= 4 is 16.7 Å². The number of nitrogens with zero attached hydrogens (tertiary/aromatic N) is 1. The normalized spacial score (nSPS) is 11.8. The number of carbonyl (C=O) groups excluding carboxylic acids is 1. The summed E-state index contributed by atoms with van der Waals surface area (Å²) in [4.78, 5) is 18.0. The second kappa shape index (κ2) is 8.54. The lowest BCUT2D eigenvalue weighted by molar-refractivity contribution is -0.891. The number of hydrogen-bond acceptors (Lipinski definition) is 4. The zero-order valence-corrected chi connectivity index (χ0v) is 15.8. The standard InChI is InChI=1S/C22H24NO4/c1-16(22(24)27-15-17-9-5-4-6-10-17)13-20-19-12-8-7-11-18(19)14-21(25-2)23(20)26-3/h4-12,14,16H,13,15H2,1-3H3/q+1. The molecule has 0 fully saturated rings. The van der Waals surface area contributed by atoms with Crippen LogP contribution in [0.15, 0.2) is 60.7 Å². The highest BCUT2D eigenvalue weighted by Gasteiger charge is 2.28. The number of ether oxygens (including phenoxy) is 2. The average Bonchev–Trinajstić information content (AvgIpc) is 2.72. The van der Waals surface area contributed by atoms with Crippen LogP contribution < -0.4 is 14.3 Å². The van der Waals surface area contributed by atoms with E-state index in [-0.39, 0.29) is 18.5 Å². The van der Waals surface area contributed by atoms with Crippen molar-refractivity contribution in [3.8, 4) is 5.88 Å². The van der Waals surface area contributed by atoms with E-state index in [1.165, 1.54) is 0 Å². The van der Waals surface area contributed by atoms with Crippen molar-refractivity contribution in [3.05, 3.63) is 71.9 Å². The fraction of sp³-hybridized carbons (Fsp3) is 0.273. The largest absolute Gasteiger partial charge is 0.461 e. The number of benzene rings is 2. The summed E-state index contributed by atoms with van der Waals surface area (Å²) in [7, 11) is 3.18. The SMILES string of the molecule is COc1cc2ccccc2c(CC(C)C(=O)OCc2ccccc2)[n+]1OC. The molecule has 3 aromatic rings. The van der Waals surface area contributed by atoms with E-state index in [9.17, 15) is 4.79 Å². The van der Waals surface area contributed by atoms with Gasteiger partial charge in [0.1, 0.15) is 13.7 Å². The number of fused-ring (bicyclic) bond motifs is 1. The van der Waals surface area contributed by atoms with E-state index in [4.69, 9.17) is 14.3 Å². The first kappa shape index (κ1) is 18.7. The molecule has 0 saturated carbocycles. The Labute approximate surface area is 159 Å². The van der Waals surface area contributed by atoms with Crippen LogP contribution in [0.5, 0.6) is 5.88 Å². The van der Waals surface area contributed by atoms with Crippen molar-refractivity contribution in [3.63, 3.8) is 0 Å². The highest BCUT2D eigenvalue weighted by atomic mass is 16.7. The van der Waals surface area contributed by atoms with Gasteiger partial charge >= 0.3 is 11.8 Å². The smallest absolute Gasteiger partial charge is 0.417 e. The quantitative estimate of drug-likeness (QED) is 0.476. The minimum atomic E-state index is -0.328. The van der Waals surface area contributed by atoms with Crippen LogP contribution in [0.25, 0.3) is 10.8 Å². The Morgan fingerprint density at radius 3 is 2.44 bits per heavy atom. The van der Waals surface area contributed by atoms with Crippen molar-refractivity contribution in [2.45, 2.75) is 20.0 Å². The molecule has 5 nitrogen and oxygen atoms in total. The molecule has 0 aliphatic carbocycles. The van der Waals surface area contributed by atoms with Gasteiger partial charge in [-0.2, -0.15) is 0 Å². The highest BCUT2D eigenvalue weighted by molar-refractivity contribution is 5.84. The molecule has 0 aliphatic rings. The minimum Gasteiger partial charge on any atom is -0.461 e. The molecule has 0 saturated heterocycles. The third-order valence-corrected chi connectivity index (χ3v) is 4.51. The Morgan fingerprint density at radius 1 is 1.04 bits per heavy atom. The average molecular weight is 366 g/mol. The molecule has 27 heavy (non-hydrogen) atoms. The van der Waals surface area contributed by atoms with Gasteiger partial charge in [-0.1, -0.05) is 55.5 Å². The van der Waals surface area contributed by atoms with Gasteiger partial charge in [-0.25, -0.2) is 0 Å². The molecule has 3 rings (SSSR count). The molecule has 140 valence electrons. The minimum absolute atomic E-state index is 0.242. The number of aromatic nitrogens is 1. The summed E-state index contributed by atoms with van der Waals surface area (Å²) in [6.07, 6.45) is 0.471. The van der Waals surface area contributed by atoms with Crippen LogP contribution in [0.4, 0.5) is 0 Å². The van der Waals surface area contributed by atoms with Crippen molar-refractivity contribution in [1.82, 2.24) is 0 Å². The fourth-order valence-electron chi connectivity index (χ4n) is 3.10. The molecule has 1 aromatic heterocycles. The Hall–Kier alpha value is -3.08. The molecular formula is C22H24NO4+. The molecule has 2 aromatic carbocycles. The lowest BCUT2D eigenvalue weighted by Gasteiger charge is -2.12. The van der Waals surface area contributed by atoms with Crippen LogP contribution >= 0.6 is 0 Å². The number of esters is 1. The van der Waals surface area contributed by atoms with Crippen LogP contribution in [0.1, 0.15) is 18.2 Å². The Kier molecular flexibility index (Phi) is 5.91. The highest BCUT2D eigenvalue weighted by Crippen LogP contribution is 2.23. The van der Waals surface area contributed by atoms with Gasteiger partial charge in [-0.15, -0.1) is 0 Å².